The molecule has 1 fully saturated rings. The van der Waals surface area contributed by atoms with Gasteiger partial charge in [0.15, 0.2) is 17.6 Å². The second kappa shape index (κ2) is 8.08. The Morgan fingerprint density at radius 2 is 1.94 bits per heavy atom. The molecule has 0 saturated heterocycles. The predicted octanol–water partition coefficient (Wildman–Crippen LogP) is 1.92. The van der Waals surface area contributed by atoms with Crippen molar-refractivity contribution in [1.29, 1.82) is 5.26 Å². The van der Waals surface area contributed by atoms with Gasteiger partial charge in [-0.05, 0) is 42.7 Å². The third kappa shape index (κ3) is 4.49. The molecule has 0 aliphatic heterocycles. The Morgan fingerprint density at radius 3 is 2.55 bits per heavy atom. The zero-order valence-corrected chi connectivity index (χ0v) is 16.5. The summed E-state index contributed by atoms with van der Waals surface area (Å²) in [5, 5.41) is 23.4. The molecule has 3 aromatic rings. The van der Waals surface area contributed by atoms with Crippen LogP contribution in [0, 0.1) is 17.1 Å². The molecule has 2 N–H and O–H groups in total. The minimum absolute atomic E-state index is 0.0211. The van der Waals surface area contributed by atoms with Crippen LogP contribution in [0.25, 0.3) is 5.69 Å². The minimum atomic E-state index is -1.50. The minimum Gasteiger partial charge on any atom is -0.326 e. The van der Waals surface area contributed by atoms with E-state index in [2.05, 4.69) is 26.9 Å². The summed E-state index contributed by atoms with van der Waals surface area (Å²) in [7, 11) is 0. The number of carbonyl (C=O) groups is 2. The van der Waals surface area contributed by atoms with E-state index in [9.17, 15) is 19.2 Å². The highest BCUT2D eigenvalue weighted by molar-refractivity contribution is 5.94. The number of hydrogen-bond acceptors (Lipinski definition) is 6. The Bertz CT molecular complexity index is 1130. The number of aldehydes is 1. The highest BCUT2D eigenvalue weighted by atomic mass is 19.1. The van der Waals surface area contributed by atoms with Gasteiger partial charge in [0, 0.05) is 6.42 Å². The summed E-state index contributed by atoms with van der Waals surface area (Å²) < 4.78 is 13.1. The number of carbonyl (C=O) groups excluding carboxylic acids is 2. The summed E-state index contributed by atoms with van der Waals surface area (Å²) in [6.07, 6.45) is 3.20. The third-order valence-corrected chi connectivity index (χ3v) is 5.07. The topological polar surface area (TPSA) is 113 Å². The molecular formula is C22H19FN6O2. The number of nitrogens with one attached hydrogen (secondary N) is 2. The lowest BCUT2D eigenvalue weighted by Gasteiger charge is -2.32. The van der Waals surface area contributed by atoms with Gasteiger partial charge in [0.05, 0.1) is 18.0 Å². The molecule has 1 aliphatic carbocycles. The van der Waals surface area contributed by atoms with E-state index in [1.807, 2.05) is 30.3 Å². The van der Waals surface area contributed by atoms with Gasteiger partial charge in [0.2, 0.25) is 0 Å². The largest absolute Gasteiger partial charge is 0.326 e. The summed E-state index contributed by atoms with van der Waals surface area (Å²) in [6, 6.07) is 16.9. The van der Waals surface area contributed by atoms with Crippen molar-refractivity contribution >= 4 is 12.2 Å². The van der Waals surface area contributed by atoms with Crippen LogP contribution in [0.1, 0.15) is 28.9 Å². The fourth-order valence-corrected chi connectivity index (χ4v) is 3.29. The van der Waals surface area contributed by atoms with Gasteiger partial charge in [-0.25, -0.2) is 4.39 Å². The number of benzene rings is 2. The van der Waals surface area contributed by atoms with E-state index in [0.717, 1.165) is 5.56 Å². The molecule has 4 rings (SSSR count). The van der Waals surface area contributed by atoms with Gasteiger partial charge in [0.1, 0.15) is 11.4 Å². The van der Waals surface area contributed by atoms with Crippen LogP contribution in [0.5, 0.6) is 0 Å². The predicted molar refractivity (Wildman–Crippen MR) is 108 cm³/mol. The number of amides is 1. The van der Waals surface area contributed by atoms with E-state index in [-0.39, 0.29) is 12.1 Å². The molecule has 1 aliphatic rings. The number of hydrogen-bond donors (Lipinski definition) is 2. The molecule has 0 unspecified atom stereocenters. The van der Waals surface area contributed by atoms with Gasteiger partial charge in [-0.15, -0.1) is 5.10 Å². The fraction of sp³-hybridized carbons (Fsp3) is 0.227. The van der Waals surface area contributed by atoms with Gasteiger partial charge in [-0.3, -0.25) is 14.9 Å². The Hall–Kier alpha value is -3.90. The first-order valence-electron chi connectivity index (χ1n) is 9.68. The van der Waals surface area contributed by atoms with Crippen molar-refractivity contribution < 1.29 is 14.0 Å². The van der Waals surface area contributed by atoms with Crippen LogP contribution < -0.4 is 10.6 Å². The van der Waals surface area contributed by atoms with Gasteiger partial charge in [-0.2, -0.15) is 15.2 Å². The fourth-order valence-electron chi connectivity index (χ4n) is 3.29. The Morgan fingerprint density at radius 1 is 1.23 bits per heavy atom. The summed E-state index contributed by atoms with van der Waals surface area (Å²) in [5.74, 6) is -1.03. The lowest BCUT2D eigenvalue weighted by atomic mass is 9.98. The van der Waals surface area contributed by atoms with Crippen LogP contribution in [0.15, 0.2) is 60.8 Å². The Kier molecular flexibility index (Phi) is 5.31. The molecule has 2 aromatic carbocycles. The highest BCUT2D eigenvalue weighted by Gasteiger charge is 2.50. The van der Waals surface area contributed by atoms with Gasteiger partial charge in [0.25, 0.3) is 5.91 Å². The number of halogens is 1. The molecular weight excluding hydrogens is 399 g/mol. The SMILES string of the molecule is N#CC1(N[C@@](C=O)(Cc2ccccc2)NC(=O)c2cnn(-c3ccc(F)cc3)n2)CC1. The quantitative estimate of drug-likeness (QED) is 0.427. The van der Waals surface area contributed by atoms with Crippen LogP contribution in [-0.4, -0.2) is 38.4 Å². The van der Waals surface area contributed by atoms with Crippen LogP contribution in [-0.2, 0) is 11.2 Å². The first-order valence-corrected chi connectivity index (χ1v) is 9.68. The molecule has 31 heavy (non-hydrogen) atoms. The van der Waals surface area contributed by atoms with E-state index in [1.54, 1.807) is 0 Å². The van der Waals surface area contributed by atoms with Gasteiger partial charge in [-0.1, -0.05) is 30.3 Å². The van der Waals surface area contributed by atoms with Gasteiger partial charge < -0.3 is 5.32 Å². The van der Waals surface area contributed by atoms with E-state index >= 15 is 0 Å². The third-order valence-electron chi connectivity index (χ3n) is 5.07. The molecule has 0 radical (unpaired) electrons. The van der Waals surface area contributed by atoms with Crippen molar-refractivity contribution in [2.24, 2.45) is 0 Å². The molecule has 0 bridgehead atoms. The van der Waals surface area contributed by atoms with Crippen molar-refractivity contribution in [3.8, 4) is 11.8 Å². The number of nitrogens with zero attached hydrogens (tertiary/aromatic N) is 4. The summed E-state index contributed by atoms with van der Waals surface area (Å²) in [6.45, 7) is 0. The van der Waals surface area contributed by atoms with E-state index < -0.39 is 22.9 Å². The summed E-state index contributed by atoms with van der Waals surface area (Å²) >= 11 is 0. The molecule has 9 heteroatoms. The number of nitriles is 1. The lowest BCUT2D eigenvalue weighted by Crippen LogP contribution is -2.65. The standard InChI is InChI=1S/C22H19FN6O2/c23-17-6-8-18(9-7-17)29-25-13-19(27-29)20(31)26-22(15-30,28-21(14-24)10-11-21)12-16-4-2-1-3-5-16/h1-9,13,15,28H,10-12H2,(H,26,31)/t22-/m1/s1. The van der Waals surface area contributed by atoms with Crippen molar-refractivity contribution in [2.45, 2.75) is 30.5 Å². The molecule has 156 valence electrons. The van der Waals surface area contributed by atoms with Crippen LogP contribution in [0.3, 0.4) is 0 Å². The first-order chi connectivity index (χ1) is 15.0. The van der Waals surface area contributed by atoms with Crippen molar-refractivity contribution in [3.05, 3.63) is 77.9 Å². The van der Waals surface area contributed by atoms with Crippen LogP contribution in [0.2, 0.25) is 0 Å². The highest BCUT2D eigenvalue weighted by Crippen LogP contribution is 2.36. The average Bonchev–Trinajstić information content (AvgIpc) is 3.37. The maximum absolute atomic E-state index is 13.1. The lowest BCUT2D eigenvalue weighted by molar-refractivity contribution is -0.114. The molecule has 1 heterocycles. The maximum atomic E-state index is 13.1. The zero-order chi connectivity index (χ0) is 21.9. The molecule has 0 spiro atoms. The maximum Gasteiger partial charge on any atom is 0.275 e. The van der Waals surface area contributed by atoms with Gasteiger partial charge >= 0.3 is 0 Å². The monoisotopic (exact) mass is 418 g/mol. The van der Waals surface area contributed by atoms with Crippen LogP contribution in [0.4, 0.5) is 4.39 Å². The zero-order valence-electron chi connectivity index (χ0n) is 16.5. The van der Waals surface area contributed by atoms with Crippen molar-refractivity contribution in [2.75, 3.05) is 0 Å². The van der Waals surface area contributed by atoms with Crippen molar-refractivity contribution in [1.82, 2.24) is 25.6 Å². The number of rotatable bonds is 8. The molecule has 1 atom stereocenters. The smallest absolute Gasteiger partial charge is 0.275 e. The number of aromatic nitrogens is 3. The molecule has 1 saturated carbocycles. The first kappa shape index (κ1) is 20.4. The normalized spacial score (nSPS) is 16.0. The van der Waals surface area contributed by atoms with E-state index in [0.29, 0.717) is 24.8 Å². The molecule has 1 amide bonds. The van der Waals surface area contributed by atoms with E-state index in [4.69, 9.17) is 0 Å². The van der Waals surface area contributed by atoms with E-state index in [1.165, 1.54) is 35.3 Å². The summed E-state index contributed by atoms with van der Waals surface area (Å²) in [5.41, 5.74) is -1.08. The Labute approximate surface area is 177 Å². The van der Waals surface area contributed by atoms with Crippen molar-refractivity contribution in [3.63, 3.8) is 0 Å². The second-order valence-corrected chi connectivity index (χ2v) is 7.52. The summed E-state index contributed by atoms with van der Waals surface area (Å²) in [4.78, 5) is 26.3. The average molecular weight is 418 g/mol. The molecule has 1 aromatic heterocycles. The Balaban J connectivity index is 1.59. The van der Waals surface area contributed by atoms with Crippen LogP contribution >= 0.6 is 0 Å². The molecule has 8 nitrogen and oxygen atoms in total. The second-order valence-electron chi connectivity index (χ2n) is 7.52.